The van der Waals surface area contributed by atoms with Crippen LogP contribution in [0.25, 0.3) is 0 Å². The molecule has 4 rings (SSSR count). The molecule has 0 saturated heterocycles. The van der Waals surface area contributed by atoms with Gasteiger partial charge in [0.1, 0.15) is 23.1 Å². The van der Waals surface area contributed by atoms with Gasteiger partial charge in [-0.25, -0.2) is 19.6 Å². The summed E-state index contributed by atoms with van der Waals surface area (Å²) in [5, 5.41) is 34.3. The number of carboxylic acid groups (broad SMARTS) is 2. The zero-order valence-electron chi connectivity index (χ0n) is 18.5. The number of pyridine rings is 2. The molecule has 4 aromatic rings. The van der Waals surface area contributed by atoms with E-state index in [9.17, 15) is 9.59 Å². The van der Waals surface area contributed by atoms with E-state index in [1.807, 2.05) is 12.1 Å². The van der Waals surface area contributed by atoms with Gasteiger partial charge in [-0.05, 0) is 105 Å². The van der Waals surface area contributed by atoms with Gasteiger partial charge >= 0.3 is 11.9 Å². The van der Waals surface area contributed by atoms with Gasteiger partial charge in [0.25, 0.3) is 0 Å². The molecule has 0 aliphatic rings. The van der Waals surface area contributed by atoms with Crippen molar-refractivity contribution in [1.29, 1.82) is 0 Å². The standard InChI is InChI=1S/2C7H6O3.2C5H5BrN2/c2*8-6-3-1-5(2-4-6)7(9)10;2*6-4-1-2-5(7)8-3-4/h2*1-4,8H,(H,9,10);2*1-3H,(H2,7,8). The molecule has 0 radical (unpaired) electrons. The normalized spacial score (nSPS) is 9.17. The number of benzene rings is 2. The van der Waals surface area contributed by atoms with E-state index in [4.69, 9.17) is 31.9 Å². The van der Waals surface area contributed by atoms with E-state index in [0.29, 0.717) is 11.6 Å². The van der Waals surface area contributed by atoms with Crippen molar-refractivity contribution in [3.63, 3.8) is 0 Å². The number of carboxylic acids is 2. The topological polar surface area (TPSA) is 193 Å². The van der Waals surface area contributed by atoms with E-state index in [1.54, 1.807) is 24.5 Å². The minimum absolute atomic E-state index is 0.0741. The van der Waals surface area contributed by atoms with Crippen LogP contribution in [0.3, 0.4) is 0 Å². The molecule has 0 amide bonds. The van der Waals surface area contributed by atoms with Gasteiger partial charge in [-0.15, -0.1) is 0 Å². The molecule has 0 aliphatic heterocycles. The molecule has 0 atom stereocenters. The predicted octanol–water partition coefficient (Wildman–Crippen LogP) is 5.03. The van der Waals surface area contributed by atoms with Crippen LogP contribution in [0.15, 0.2) is 94.1 Å². The van der Waals surface area contributed by atoms with Crippen molar-refractivity contribution in [2.24, 2.45) is 0 Å². The van der Waals surface area contributed by atoms with E-state index in [1.165, 1.54) is 48.5 Å². The van der Waals surface area contributed by atoms with Crippen LogP contribution >= 0.6 is 31.9 Å². The lowest BCUT2D eigenvalue weighted by Crippen LogP contribution is -1.93. The molecule has 10 nitrogen and oxygen atoms in total. The maximum Gasteiger partial charge on any atom is 0.335 e. The van der Waals surface area contributed by atoms with Crippen molar-refractivity contribution < 1.29 is 30.0 Å². The van der Waals surface area contributed by atoms with Gasteiger partial charge in [0.2, 0.25) is 0 Å². The zero-order valence-corrected chi connectivity index (χ0v) is 21.7. The number of rotatable bonds is 2. The van der Waals surface area contributed by atoms with Gasteiger partial charge in [0, 0.05) is 21.3 Å². The molecule has 0 saturated carbocycles. The third-order valence-electron chi connectivity index (χ3n) is 3.73. The number of anilines is 2. The van der Waals surface area contributed by atoms with Gasteiger partial charge in [0.15, 0.2) is 0 Å². The number of halogens is 2. The van der Waals surface area contributed by atoms with E-state index in [2.05, 4.69) is 41.8 Å². The van der Waals surface area contributed by atoms with Crippen molar-refractivity contribution in [1.82, 2.24) is 9.97 Å². The predicted molar refractivity (Wildman–Crippen MR) is 143 cm³/mol. The SMILES string of the molecule is Nc1ccc(Br)cn1.Nc1ccc(Br)cn1.O=C(O)c1ccc(O)cc1.O=C(O)c1ccc(O)cc1. The first-order valence-electron chi connectivity index (χ1n) is 9.76. The molecule has 2 aromatic carbocycles. The highest BCUT2D eigenvalue weighted by atomic mass is 79.9. The molecule has 0 fully saturated rings. The van der Waals surface area contributed by atoms with Gasteiger partial charge in [-0.2, -0.15) is 0 Å². The number of nitrogen functional groups attached to an aromatic ring is 2. The fraction of sp³-hybridized carbons (Fsp3) is 0. The minimum Gasteiger partial charge on any atom is -0.508 e. The second-order valence-corrected chi connectivity index (χ2v) is 8.34. The number of phenols is 2. The highest BCUT2D eigenvalue weighted by Crippen LogP contribution is 2.10. The quantitative estimate of drug-likeness (QED) is 0.177. The summed E-state index contributed by atoms with van der Waals surface area (Å²) in [6.45, 7) is 0. The number of hydrogen-bond acceptors (Lipinski definition) is 8. The average Bonchev–Trinajstić information content (AvgIpc) is 2.85. The molecule has 8 N–H and O–H groups in total. The van der Waals surface area contributed by atoms with Crippen LogP contribution in [0.4, 0.5) is 11.6 Å². The molecule has 0 bridgehead atoms. The number of hydrogen-bond donors (Lipinski definition) is 6. The number of aromatic hydroxyl groups is 2. The van der Waals surface area contributed by atoms with Crippen molar-refractivity contribution in [3.05, 3.63) is 105 Å². The highest BCUT2D eigenvalue weighted by molar-refractivity contribution is 9.10. The summed E-state index contributed by atoms with van der Waals surface area (Å²) in [6, 6.07) is 17.9. The fourth-order valence-electron chi connectivity index (χ4n) is 1.98. The number of carbonyl (C=O) groups is 2. The molecular weight excluding hydrogens is 600 g/mol. The molecule has 0 aliphatic carbocycles. The number of aromatic nitrogens is 2. The molecule has 0 spiro atoms. The van der Waals surface area contributed by atoms with Crippen molar-refractivity contribution >= 4 is 55.4 Å². The van der Waals surface area contributed by atoms with Gasteiger partial charge in [0.05, 0.1) is 11.1 Å². The van der Waals surface area contributed by atoms with Crippen molar-refractivity contribution in [3.8, 4) is 11.5 Å². The summed E-state index contributed by atoms with van der Waals surface area (Å²) in [4.78, 5) is 28.1. The smallest absolute Gasteiger partial charge is 0.335 e. The van der Waals surface area contributed by atoms with Crippen LogP contribution in [-0.4, -0.2) is 42.3 Å². The third-order valence-corrected chi connectivity index (χ3v) is 4.67. The van der Waals surface area contributed by atoms with E-state index >= 15 is 0 Å². The Morgan fingerprint density at radius 3 is 1.08 bits per heavy atom. The minimum atomic E-state index is -0.986. The third kappa shape index (κ3) is 12.9. The van der Waals surface area contributed by atoms with Crippen LogP contribution < -0.4 is 11.5 Å². The fourth-order valence-corrected chi connectivity index (χ4v) is 2.45. The Morgan fingerprint density at radius 1 is 0.583 bits per heavy atom. The summed E-state index contributed by atoms with van der Waals surface area (Å²) in [5.74, 6) is -0.726. The lowest BCUT2D eigenvalue weighted by molar-refractivity contribution is 0.0686. The van der Waals surface area contributed by atoms with Crippen LogP contribution in [0.2, 0.25) is 0 Å². The Morgan fingerprint density at radius 2 is 0.889 bits per heavy atom. The van der Waals surface area contributed by atoms with Crippen LogP contribution in [0.5, 0.6) is 11.5 Å². The summed E-state index contributed by atoms with van der Waals surface area (Å²) < 4.78 is 1.90. The number of nitrogens with two attached hydrogens (primary N) is 2. The Bertz CT molecular complexity index is 1080. The first kappa shape index (κ1) is 29.9. The second kappa shape index (κ2) is 15.7. The van der Waals surface area contributed by atoms with Crippen LogP contribution in [-0.2, 0) is 0 Å². The number of aromatic carboxylic acids is 2. The maximum atomic E-state index is 10.2. The molecule has 2 heterocycles. The van der Waals surface area contributed by atoms with Gasteiger partial charge in [-0.1, -0.05) is 0 Å². The van der Waals surface area contributed by atoms with E-state index in [-0.39, 0.29) is 22.6 Å². The lowest BCUT2D eigenvalue weighted by atomic mass is 10.2. The zero-order chi connectivity index (χ0) is 27.1. The molecule has 36 heavy (non-hydrogen) atoms. The number of phenolic OH excluding ortho intramolecular Hbond substituents is 2. The van der Waals surface area contributed by atoms with E-state index in [0.717, 1.165) is 8.95 Å². The Kier molecular flexibility index (Phi) is 13.0. The summed E-state index contributed by atoms with van der Waals surface area (Å²) in [7, 11) is 0. The Balaban J connectivity index is 0.000000241. The molecule has 0 unspecified atom stereocenters. The summed E-state index contributed by atoms with van der Waals surface area (Å²) in [6.07, 6.45) is 3.32. The van der Waals surface area contributed by atoms with Crippen LogP contribution in [0, 0.1) is 0 Å². The largest absolute Gasteiger partial charge is 0.508 e. The number of nitrogens with zero attached hydrogens (tertiary/aromatic N) is 2. The summed E-state index contributed by atoms with van der Waals surface area (Å²) >= 11 is 6.45. The molecular formula is C24H22Br2N4O6. The van der Waals surface area contributed by atoms with Crippen molar-refractivity contribution in [2.75, 3.05) is 11.5 Å². The highest BCUT2D eigenvalue weighted by Gasteiger charge is 2.00. The van der Waals surface area contributed by atoms with Gasteiger partial charge < -0.3 is 31.9 Å². The monoisotopic (exact) mass is 620 g/mol. The van der Waals surface area contributed by atoms with Crippen molar-refractivity contribution in [2.45, 2.75) is 0 Å². The lowest BCUT2D eigenvalue weighted by Gasteiger charge is -1.92. The first-order chi connectivity index (χ1) is 17.0. The summed E-state index contributed by atoms with van der Waals surface area (Å²) in [5.41, 5.74) is 10.9. The van der Waals surface area contributed by atoms with Crippen LogP contribution in [0.1, 0.15) is 20.7 Å². The molecule has 188 valence electrons. The molecule has 12 heteroatoms. The maximum absolute atomic E-state index is 10.2. The molecule has 2 aromatic heterocycles. The first-order valence-corrected chi connectivity index (χ1v) is 11.3. The van der Waals surface area contributed by atoms with Gasteiger partial charge in [-0.3, -0.25) is 0 Å². The average molecular weight is 622 g/mol. The van der Waals surface area contributed by atoms with E-state index < -0.39 is 11.9 Å². The Labute approximate surface area is 223 Å². The second-order valence-electron chi connectivity index (χ2n) is 6.51. The Hall–Kier alpha value is -4.16.